The molecule has 1 amide bonds. The average molecular weight is 404 g/mol. The Kier molecular flexibility index (Phi) is 4.95. The molecule has 156 valence electrons. The number of likely N-dealkylation sites (N-methyl/N-ethyl adjacent to an activating group) is 1. The molecule has 6 nitrogen and oxygen atoms in total. The van der Waals surface area contributed by atoms with Crippen molar-refractivity contribution in [3.63, 3.8) is 0 Å². The monoisotopic (exact) mass is 403 g/mol. The normalized spacial score (nSPS) is 18.1. The zero-order valence-electron chi connectivity index (χ0n) is 17.6. The maximum absolute atomic E-state index is 12.8. The Morgan fingerprint density at radius 1 is 1.10 bits per heavy atom. The number of piperazine rings is 1. The van der Waals surface area contributed by atoms with E-state index in [1.165, 1.54) is 18.4 Å². The van der Waals surface area contributed by atoms with Gasteiger partial charge in [-0.25, -0.2) is 9.78 Å². The molecule has 1 aliphatic heterocycles. The van der Waals surface area contributed by atoms with Gasteiger partial charge in [0.25, 0.3) is 0 Å². The first-order chi connectivity index (χ1) is 14.7. The molecule has 2 heterocycles. The third-order valence-corrected chi connectivity index (χ3v) is 6.70. The largest absolute Gasteiger partial charge is 0.367 e. The van der Waals surface area contributed by atoms with Crippen molar-refractivity contribution in [1.82, 2.24) is 19.8 Å². The molecule has 1 saturated heterocycles. The molecule has 2 fully saturated rings. The lowest BCUT2D eigenvalue weighted by Gasteiger charge is -2.41. The lowest BCUT2D eigenvalue weighted by molar-refractivity contribution is 0.199. The van der Waals surface area contributed by atoms with Crippen LogP contribution in [0.3, 0.4) is 0 Å². The number of aromatic nitrogens is 2. The van der Waals surface area contributed by atoms with Gasteiger partial charge in [0.2, 0.25) is 0 Å². The van der Waals surface area contributed by atoms with Crippen molar-refractivity contribution < 1.29 is 4.79 Å². The molecule has 1 spiro atoms. The summed E-state index contributed by atoms with van der Waals surface area (Å²) in [5.74, 6) is 0. The van der Waals surface area contributed by atoms with Crippen LogP contribution in [0.5, 0.6) is 0 Å². The van der Waals surface area contributed by atoms with Gasteiger partial charge < -0.3 is 10.2 Å². The summed E-state index contributed by atoms with van der Waals surface area (Å²) in [4.78, 5) is 22.3. The molecule has 1 N–H and O–H groups in total. The van der Waals surface area contributed by atoms with E-state index in [9.17, 15) is 4.79 Å². The number of nitrogens with one attached hydrogen (secondary N) is 1. The van der Waals surface area contributed by atoms with E-state index in [2.05, 4.69) is 57.5 Å². The van der Waals surface area contributed by atoms with Crippen molar-refractivity contribution in [3.05, 3.63) is 60.4 Å². The van der Waals surface area contributed by atoms with E-state index in [0.717, 1.165) is 49.2 Å². The van der Waals surface area contributed by atoms with Gasteiger partial charge in [-0.3, -0.25) is 9.47 Å². The maximum atomic E-state index is 12.8. The number of carbonyl (C=O) groups is 1. The lowest BCUT2D eigenvalue weighted by Crippen LogP contribution is -2.53. The van der Waals surface area contributed by atoms with Crippen molar-refractivity contribution in [1.29, 1.82) is 0 Å². The number of imidazole rings is 1. The summed E-state index contributed by atoms with van der Waals surface area (Å²) in [5, 5.41) is 3.04. The first-order valence-corrected chi connectivity index (χ1v) is 10.9. The molecule has 1 saturated carbocycles. The second-order valence-electron chi connectivity index (χ2n) is 8.65. The van der Waals surface area contributed by atoms with Crippen LogP contribution in [0.4, 0.5) is 10.5 Å². The van der Waals surface area contributed by atoms with Crippen LogP contribution in [-0.4, -0.2) is 59.2 Å². The van der Waals surface area contributed by atoms with Crippen LogP contribution in [0, 0.1) is 0 Å². The molecule has 2 aromatic carbocycles. The van der Waals surface area contributed by atoms with Crippen molar-refractivity contribution in [2.45, 2.75) is 31.2 Å². The van der Waals surface area contributed by atoms with Gasteiger partial charge in [-0.05, 0) is 50.4 Å². The van der Waals surface area contributed by atoms with E-state index >= 15 is 0 Å². The van der Waals surface area contributed by atoms with Gasteiger partial charge in [-0.2, -0.15) is 0 Å². The number of aryl methyl sites for hydroxylation is 1. The van der Waals surface area contributed by atoms with E-state index in [4.69, 9.17) is 0 Å². The van der Waals surface area contributed by atoms with Gasteiger partial charge in [0, 0.05) is 31.7 Å². The highest BCUT2D eigenvalue weighted by Crippen LogP contribution is 2.44. The molecule has 3 aromatic rings. The molecule has 0 bridgehead atoms. The van der Waals surface area contributed by atoms with E-state index in [-0.39, 0.29) is 6.03 Å². The number of benzene rings is 2. The van der Waals surface area contributed by atoms with Crippen LogP contribution < -0.4 is 10.2 Å². The Hall–Kier alpha value is -2.86. The van der Waals surface area contributed by atoms with Crippen LogP contribution >= 0.6 is 0 Å². The molecular formula is C24H29N5O. The van der Waals surface area contributed by atoms with Gasteiger partial charge in [0.05, 0.1) is 11.2 Å². The molecule has 30 heavy (non-hydrogen) atoms. The van der Waals surface area contributed by atoms with Crippen molar-refractivity contribution in [3.8, 4) is 0 Å². The first-order valence-electron chi connectivity index (χ1n) is 10.9. The lowest BCUT2D eigenvalue weighted by atomic mass is 10.1. The predicted molar refractivity (Wildman–Crippen MR) is 120 cm³/mol. The fourth-order valence-electron chi connectivity index (χ4n) is 4.61. The molecule has 1 aliphatic carbocycles. The minimum absolute atomic E-state index is 0.111. The average Bonchev–Trinajstić information content (AvgIpc) is 3.41. The summed E-state index contributed by atoms with van der Waals surface area (Å²) in [6.45, 7) is 3.75. The third-order valence-electron chi connectivity index (χ3n) is 6.70. The number of hydrogen-bond acceptors (Lipinski definition) is 4. The number of nitrogens with zero attached hydrogens (tertiary/aromatic N) is 4. The highest BCUT2D eigenvalue weighted by Gasteiger charge is 2.49. The van der Waals surface area contributed by atoms with Gasteiger partial charge in [-0.15, -0.1) is 0 Å². The zero-order chi connectivity index (χ0) is 20.6. The first kappa shape index (κ1) is 19.1. The highest BCUT2D eigenvalue weighted by molar-refractivity contribution is 5.95. The number of para-hydroxylation sites is 1. The summed E-state index contributed by atoms with van der Waals surface area (Å²) < 4.78 is 1.64. The Bertz CT molecular complexity index is 1040. The maximum Gasteiger partial charge on any atom is 0.327 e. The summed E-state index contributed by atoms with van der Waals surface area (Å²) in [6, 6.07) is 16.4. The SMILES string of the molecule is CN1CCN(c2cccc3c2ncn3C(=O)NCCCc2ccccc2)CC12CC2. The number of amides is 1. The van der Waals surface area contributed by atoms with E-state index < -0.39 is 0 Å². The second kappa shape index (κ2) is 7.76. The Labute approximate surface area is 177 Å². The van der Waals surface area contributed by atoms with Crippen LogP contribution in [0.1, 0.15) is 24.8 Å². The number of rotatable bonds is 5. The van der Waals surface area contributed by atoms with Gasteiger partial charge in [0.15, 0.2) is 0 Å². The molecule has 1 aromatic heterocycles. The summed E-state index contributed by atoms with van der Waals surface area (Å²) in [5.41, 5.74) is 4.57. The topological polar surface area (TPSA) is 53.4 Å². The molecule has 2 aliphatic rings. The number of hydrogen-bond donors (Lipinski definition) is 1. The van der Waals surface area contributed by atoms with Crippen molar-refractivity contribution >= 4 is 22.8 Å². The Morgan fingerprint density at radius 2 is 1.93 bits per heavy atom. The highest BCUT2D eigenvalue weighted by atomic mass is 16.2. The van der Waals surface area contributed by atoms with Crippen LogP contribution in [0.15, 0.2) is 54.9 Å². The van der Waals surface area contributed by atoms with Crippen LogP contribution in [0.25, 0.3) is 11.0 Å². The number of fused-ring (bicyclic) bond motifs is 1. The van der Waals surface area contributed by atoms with Crippen LogP contribution in [-0.2, 0) is 6.42 Å². The van der Waals surface area contributed by atoms with Gasteiger partial charge >= 0.3 is 6.03 Å². The summed E-state index contributed by atoms with van der Waals surface area (Å²) >= 11 is 0. The molecule has 6 heteroatoms. The summed E-state index contributed by atoms with van der Waals surface area (Å²) in [6.07, 6.45) is 6.08. The van der Waals surface area contributed by atoms with E-state index in [1.807, 2.05) is 18.2 Å². The molecule has 0 atom stereocenters. The Balaban J connectivity index is 1.27. The minimum atomic E-state index is -0.111. The zero-order valence-corrected chi connectivity index (χ0v) is 17.6. The molecule has 5 rings (SSSR count). The van der Waals surface area contributed by atoms with Crippen LogP contribution in [0.2, 0.25) is 0 Å². The van der Waals surface area contributed by atoms with Gasteiger partial charge in [-0.1, -0.05) is 36.4 Å². The quantitative estimate of drug-likeness (QED) is 0.663. The number of anilines is 1. The minimum Gasteiger partial charge on any atom is -0.367 e. The van der Waals surface area contributed by atoms with E-state index in [0.29, 0.717) is 12.1 Å². The predicted octanol–water partition coefficient (Wildman–Crippen LogP) is 3.51. The van der Waals surface area contributed by atoms with Crippen molar-refractivity contribution in [2.24, 2.45) is 0 Å². The molecule has 0 unspecified atom stereocenters. The van der Waals surface area contributed by atoms with E-state index in [1.54, 1.807) is 10.9 Å². The fraction of sp³-hybridized carbons (Fsp3) is 0.417. The third kappa shape index (κ3) is 3.56. The summed E-state index contributed by atoms with van der Waals surface area (Å²) in [7, 11) is 2.24. The smallest absolute Gasteiger partial charge is 0.327 e. The fourth-order valence-corrected chi connectivity index (χ4v) is 4.61. The molecular weight excluding hydrogens is 374 g/mol. The standard InChI is InChI=1S/C24H29N5O/c1-27-15-16-28(17-24(27)12-13-24)20-10-5-11-21-22(20)26-18-29(21)23(30)25-14-6-9-19-7-3-2-4-8-19/h2-5,7-8,10-11,18H,6,9,12-17H2,1H3,(H,25,30). The van der Waals surface area contributed by atoms with Gasteiger partial charge in [0.1, 0.15) is 11.8 Å². The Morgan fingerprint density at radius 3 is 2.73 bits per heavy atom. The number of carbonyl (C=O) groups excluding carboxylic acids is 1. The second-order valence-corrected chi connectivity index (χ2v) is 8.65. The van der Waals surface area contributed by atoms with Crippen molar-refractivity contribution in [2.75, 3.05) is 38.1 Å². The molecule has 0 radical (unpaired) electrons.